The SMILES string of the molecule is CCOc1cc(/C=C2\N=C(c3ccc([N+](=O)[O-])cc3Cl)OC2=O)ccc1OCc1ccc(I)cc1. The van der Waals surface area contributed by atoms with Crippen LogP contribution in [-0.4, -0.2) is 23.4 Å². The Bertz CT molecular complexity index is 1350. The summed E-state index contributed by atoms with van der Waals surface area (Å²) in [4.78, 5) is 27.0. The fourth-order valence-corrected chi connectivity index (χ4v) is 3.83. The Labute approximate surface area is 219 Å². The monoisotopic (exact) mass is 604 g/mol. The minimum Gasteiger partial charge on any atom is -0.490 e. The zero-order valence-electron chi connectivity index (χ0n) is 18.4. The molecule has 0 spiro atoms. The van der Waals surface area contributed by atoms with E-state index in [0.717, 1.165) is 9.13 Å². The Kier molecular flexibility index (Phi) is 7.67. The molecule has 0 radical (unpaired) electrons. The van der Waals surface area contributed by atoms with E-state index in [4.69, 9.17) is 25.8 Å². The van der Waals surface area contributed by atoms with Crippen molar-refractivity contribution < 1.29 is 23.9 Å². The van der Waals surface area contributed by atoms with Crippen LogP contribution in [0.2, 0.25) is 5.02 Å². The number of halogens is 2. The summed E-state index contributed by atoms with van der Waals surface area (Å²) < 4.78 is 18.1. The number of hydrogen-bond donors (Lipinski definition) is 0. The second kappa shape index (κ2) is 10.9. The molecule has 3 aromatic rings. The van der Waals surface area contributed by atoms with E-state index >= 15 is 0 Å². The van der Waals surface area contributed by atoms with Gasteiger partial charge < -0.3 is 14.2 Å². The van der Waals surface area contributed by atoms with Crippen LogP contribution in [0.5, 0.6) is 11.5 Å². The quantitative estimate of drug-likeness (QED) is 0.100. The van der Waals surface area contributed by atoms with Crippen LogP contribution < -0.4 is 9.47 Å². The molecule has 4 rings (SSSR count). The molecule has 1 aliphatic rings. The van der Waals surface area contributed by atoms with Gasteiger partial charge in [0, 0.05) is 15.7 Å². The first-order valence-corrected chi connectivity index (χ1v) is 11.9. The van der Waals surface area contributed by atoms with Gasteiger partial charge in [0.1, 0.15) is 6.61 Å². The Balaban J connectivity index is 1.56. The van der Waals surface area contributed by atoms with E-state index in [1.807, 2.05) is 31.2 Å². The molecule has 0 unspecified atom stereocenters. The molecule has 0 saturated heterocycles. The van der Waals surface area contributed by atoms with E-state index in [2.05, 4.69) is 27.6 Å². The molecular formula is C25H18ClIN2O6. The molecule has 8 nitrogen and oxygen atoms in total. The van der Waals surface area contributed by atoms with Gasteiger partial charge >= 0.3 is 5.97 Å². The summed E-state index contributed by atoms with van der Waals surface area (Å²) in [6, 6.07) is 17.1. The van der Waals surface area contributed by atoms with Crippen molar-refractivity contribution in [2.75, 3.05) is 6.61 Å². The highest BCUT2D eigenvalue weighted by Crippen LogP contribution is 2.32. The molecule has 0 N–H and O–H groups in total. The van der Waals surface area contributed by atoms with E-state index in [-0.39, 0.29) is 27.9 Å². The van der Waals surface area contributed by atoms with E-state index in [1.54, 1.807) is 24.3 Å². The Morgan fingerprint density at radius 1 is 1.09 bits per heavy atom. The third-order valence-electron chi connectivity index (χ3n) is 4.89. The maximum Gasteiger partial charge on any atom is 0.363 e. The van der Waals surface area contributed by atoms with Gasteiger partial charge in [-0.05, 0) is 77.0 Å². The summed E-state index contributed by atoms with van der Waals surface area (Å²) >= 11 is 8.38. The number of benzene rings is 3. The zero-order valence-corrected chi connectivity index (χ0v) is 21.3. The maximum absolute atomic E-state index is 12.4. The number of ether oxygens (including phenoxy) is 3. The predicted octanol–water partition coefficient (Wildman–Crippen LogP) is 6.18. The van der Waals surface area contributed by atoms with Crippen LogP contribution >= 0.6 is 34.2 Å². The van der Waals surface area contributed by atoms with Gasteiger partial charge in [-0.1, -0.05) is 29.8 Å². The normalized spacial score (nSPS) is 14.0. The van der Waals surface area contributed by atoms with Crippen molar-refractivity contribution in [1.29, 1.82) is 0 Å². The zero-order chi connectivity index (χ0) is 24.9. The van der Waals surface area contributed by atoms with E-state index in [0.29, 0.717) is 30.3 Å². The summed E-state index contributed by atoms with van der Waals surface area (Å²) in [7, 11) is 0. The number of nitro benzene ring substituents is 1. The highest BCUT2D eigenvalue weighted by molar-refractivity contribution is 14.1. The number of cyclic esters (lactones) is 1. The van der Waals surface area contributed by atoms with Crippen LogP contribution in [0.15, 0.2) is 71.4 Å². The van der Waals surface area contributed by atoms with Gasteiger partial charge in [-0.25, -0.2) is 9.79 Å². The Morgan fingerprint density at radius 3 is 2.54 bits per heavy atom. The molecule has 3 aromatic carbocycles. The van der Waals surface area contributed by atoms with Gasteiger partial charge in [-0.2, -0.15) is 0 Å². The molecule has 0 aromatic heterocycles. The number of carbonyl (C=O) groups excluding carboxylic acids is 1. The van der Waals surface area contributed by atoms with Crippen LogP contribution in [0.4, 0.5) is 5.69 Å². The molecular weight excluding hydrogens is 587 g/mol. The van der Waals surface area contributed by atoms with Gasteiger partial charge in [0.05, 0.1) is 22.1 Å². The molecule has 0 bridgehead atoms. The number of esters is 1. The lowest BCUT2D eigenvalue weighted by Gasteiger charge is -2.13. The first kappa shape index (κ1) is 24.7. The van der Waals surface area contributed by atoms with Gasteiger partial charge in [0.25, 0.3) is 5.69 Å². The fraction of sp³-hybridized carbons (Fsp3) is 0.120. The first-order chi connectivity index (χ1) is 16.8. The smallest absolute Gasteiger partial charge is 0.363 e. The molecule has 0 fully saturated rings. The Morgan fingerprint density at radius 2 is 1.86 bits per heavy atom. The van der Waals surface area contributed by atoms with Crippen LogP contribution in [-0.2, 0) is 16.1 Å². The van der Waals surface area contributed by atoms with Gasteiger partial charge in [-0.3, -0.25) is 10.1 Å². The number of aliphatic imine (C=N–C) groups is 1. The fourth-order valence-electron chi connectivity index (χ4n) is 3.22. The van der Waals surface area contributed by atoms with Gasteiger partial charge in [-0.15, -0.1) is 0 Å². The average Bonchev–Trinajstić information content (AvgIpc) is 3.19. The van der Waals surface area contributed by atoms with Crippen molar-refractivity contribution in [2.45, 2.75) is 13.5 Å². The minimum absolute atomic E-state index is 0.0244. The summed E-state index contributed by atoms with van der Waals surface area (Å²) in [6.45, 7) is 2.68. The average molecular weight is 605 g/mol. The highest BCUT2D eigenvalue weighted by Gasteiger charge is 2.26. The van der Waals surface area contributed by atoms with E-state index in [9.17, 15) is 14.9 Å². The second-order valence-corrected chi connectivity index (χ2v) is 8.96. The molecule has 178 valence electrons. The van der Waals surface area contributed by atoms with Crippen LogP contribution in [0.3, 0.4) is 0 Å². The molecule has 10 heteroatoms. The molecule has 35 heavy (non-hydrogen) atoms. The number of hydrogen-bond acceptors (Lipinski definition) is 7. The second-order valence-electron chi connectivity index (χ2n) is 7.31. The minimum atomic E-state index is -0.661. The standard InChI is InChI=1S/C25H18ClIN2O6/c1-2-33-23-12-16(5-10-22(23)34-14-15-3-6-17(27)7-4-15)11-21-25(30)35-24(28-21)19-9-8-18(29(31)32)13-20(19)26/h3-13H,2,14H2,1H3/b21-11-. The highest BCUT2D eigenvalue weighted by atomic mass is 127. The third kappa shape index (κ3) is 5.98. The van der Waals surface area contributed by atoms with E-state index in [1.165, 1.54) is 18.2 Å². The predicted molar refractivity (Wildman–Crippen MR) is 140 cm³/mol. The molecule has 1 aliphatic heterocycles. The van der Waals surface area contributed by atoms with Crippen molar-refractivity contribution in [3.63, 3.8) is 0 Å². The molecule has 0 atom stereocenters. The molecule has 0 saturated carbocycles. The van der Waals surface area contributed by atoms with Crippen molar-refractivity contribution in [1.82, 2.24) is 0 Å². The maximum atomic E-state index is 12.4. The van der Waals surface area contributed by atoms with Gasteiger partial charge in [0.15, 0.2) is 17.2 Å². The number of rotatable bonds is 8. The molecule has 0 amide bonds. The van der Waals surface area contributed by atoms with Gasteiger partial charge in [0.2, 0.25) is 5.90 Å². The summed E-state index contributed by atoms with van der Waals surface area (Å²) in [5.74, 6) is 0.416. The summed E-state index contributed by atoms with van der Waals surface area (Å²) in [6.07, 6.45) is 1.56. The van der Waals surface area contributed by atoms with Crippen LogP contribution in [0.1, 0.15) is 23.6 Å². The topological polar surface area (TPSA) is 100 Å². The largest absolute Gasteiger partial charge is 0.490 e. The van der Waals surface area contributed by atoms with Crippen molar-refractivity contribution in [3.8, 4) is 11.5 Å². The van der Waals surface area contributed by atoms with Crippen molar-refractivity contribution in [3.05, 3.63) is 102 Å². The third-order valence-corrected chi connectivity index (χ3v) is 5.92. The Hall–Kier alpha value is -3.44. The number of nitro groups is 1. The summed E-state index contributed by atoms with van der Waals surface area (Å²) in [5, 5.41) is 11.0. The van der Waals surface area contributed by atoms with Crippen molar-refractivity contribution >= 4 is 57.8 Å². The van der Waals surface area contributed by atoms with Crippen molar-refractivity contribution in [2.24, 2.45) is 4.99 Å². The lowest BCUT2D eigenvalue weighted by atomic mass is 10.1. The lowest BCUT2D eigenvalue weighted by Crippen LogP contribution is -2.06. The van der Waals surface area contributed by atoms with Crippen LogP contribution in [0, 0.1) is 13.7 Å². The molecule has 0 aliphatic carbocycles. The first-order valence-electron chi connectivity index (χ1n) is 10.4. The summed E-state index contributed by atoms with van der Waals surface area (Å²) in [5.41, 5.74) is 1.85. The van der Waals surface area contributed by atoms with Crippen LogP contribution in [0.25, 0.3) is 6.08 Å². The molecule has 1 heterocycles. The van der Waals surface area contributed by atoms with E-state index < -0.39 is 10.9 Å². The lowest BCUT2D eigenvalue weighted by molar-refractivity contribution is -0.384. The number of carbonyl (C=O) groups is 1. The number of nitrogens with zero attached hydrogens (tertiary/aromatic N) is 2. The number of non-ortho nitro benzene ring substituents is 1.